The quantitative estimate of drug-likeness (QED) is 0.751. The maximum absolute atomic E-state index is 2.39. The summed E-state index contributed by atoms with van der Waals surface area (Å²) in [5.41, 5.74) is 0. The Labute approximate surface area is 78.8 Å². The molecule has 0 amide bonds. The topological polar surface area (TPSA) is 3.24 Å². The van der Waals surface area contributed by atoms with E-state index in [0.717, 1.165) is 0 Å². The van der Waals surface area contributed by atoms with Gasteiger partial charge in [0.25, 0.3) is 0 Å². The second kappa shape index (κ2) is 9.62. The second-order valence-electron chi connectivity index (χ2n) is 2.66. The molecule has 0 aliphatic rings. The molecular weight excluding hydrogens is 296 g/mol. The molecule has 0 aromatic carbocycles. The molecule has 0 fully saturated rings. The Balaban J connectivity index is 0. The molecule has 0 rings (SSSR count). The summed E-state index contributed by atoms with van der Waals surface area (Å²) in [6.07, 6.45) is 3.94. The molecule has 0 unspecified atom stereocenters. The third-order valence-electron chi connectivity index (χ3n) is 1.50. The van der Waals surface area contributed by atoms with Gasteiger partial charge < -0.3 is 4.90 Å². The minimum Gasteiger partial charge on any atom is -0.306 e. The fourth-order valence-corrected chi connectivity index (χ4v) is 0.922. The summed E-state index contributed by atoms with van der Waals surface area (Å²) in [5.74, 6) is 0. The minimum absolute atomic E-state index is 0. The Kier molecular flexibility index (Phi) is 12.7. The van der Waals surface area contributed by atoms with E-state index in [1.807, 2.05) is 0 Å². The standard InChI is InChI=1S/C8H19N.Re/c1-4-6-8-9(3)7-5-2;/h4-8H2,1-3H3;. The molecule has 0 aliphatic carbocycles. The van der Waals surface area contributed by atoms with Gasteiger partial charge in [0, 0.05) is 20.4 Å². The SMILES string of the molecule is CCCCN(C)CCC.[Re]. The van der Waals surface area contributed by atoms with Crippen LogP contribution in [0.5, 0.6) is 0 Å². The van der Waals surface area contributed by atoms with Gasteiger partial charge in [-0.25, -0.2) is 0 Å². The van der Waals surface area contributed by atoms with Crippen LogP contribution in [0.4, 0.5) is 0 Å². The van der Waals surface area contributed by atoms with Gasteiger partial charge in [-0.3, -0.25) is 0 Å². The molecule has 0 aromatic rings. The van der Waals surface area contributed by atoms with Gasteiger partial charge in [-0.15, -0.1) is 0 Å². The number of hydrogen-bond acceptors (Lipinski definition) is 1. The summed E-state index contributed by atoms with van der Waals surface area (Å²) in [4.78, 5) is 2.39. The Bertz CT molecular complexity index is 57.2. The first-order chi connectivity index (χ1) is 4.31. The van der Waals surface area contributed by atoms with E-state index in [0.29, 0.717) is 0 Å². The van der Waals surface area contributed by atoms with Crippen molar-refractivity contribution < 1.29 is 20.4 Å². The van der Waals surface area contributed by atoms with Gasteiger partial charge in [-0.1, -0.05) is 20.3 Å². The summed E-state index contributed by atoms with van der Waals surface area (Å²) in [7, 11) is 2.19. The largest absolute Gasteiger partial charge is 0.306 e. The van der Waals surface area contributed by atoms with Crippen LogP contribution in [0, 0.1) is 0 Å². The zero-order valence-corrected chi connectivity index (χ0v) is 10.1. The monoisotopic (exact) mass is 316 g/mol. The van der Waals surface area contributed by atoms with E-state index in [9.17, 15) is 0 Å². The molecule has 1 nitrogen and oxygen atoms in total. The van der Waals surface area contributed by atoms with Crippen molar-refractivity contribution in [2.45, 2.75) is 33.1 Å². The van der Waals surface area contributed by atoms with Crippen molar-refractivity contribution in [3.63, 3.8) is 0 Å². The van der Waals surface area contributed by atoms with Crippen molar-refractivity contribution >= 4 is 0 Å². The fraction of sp³-hybridized carbons (Fsp3) is 1.00. The predicted molar refractivity (Wildman–Crippen MR) is 42.7 cm³/mol. The normalized spacial score (nSPS) is 9.60. The molecule has 0 heterocycles. The van der Waals surface area contributed by atoms with Crippen LogP contribution in [-0.2, 0) is 20.4 Å². The van der Waals surface area contributed by atoms with E-state index in [4.69, 9.17) is 0 Å². The molecule has 63 valence electrons. The van der Waals surface area contributed by atoms with E-state index >= 15 is 0 Å². The van der Waals surface area contributed by atoms with E-state index < -0.39 is 0 Å². The van der Waals surface area contributed by atoms with E-state index in [-0.39, 0.29) is 20.4 Å². The van der Waals surface area contributed by atoms with Gasteiger partial charge in [-0.05, 0) is 33.0 Å². The van der Waals surface area contributed by atoms with Crippen molar-refractivity contribution in [1.82, 2.24) is 4.90 Å². The Morgan fingerprint density at radius 2 is 1.60 bits per heavy atom. The van der Waals surface area contributed by atoms with Crippen molar-refractivity contribution in [3.8, 4) is 0 Å². The number of rotatable bonds is 5. The zero-order valence-electron chi connectivity index (χ0n) is 7.36. The average molecular weight is 315 g/mol. The first kappa shape index (κ1) is 13.2. The summed E-state index contributed by atoms with van der Waals surface area (Å²) in [5, 5.41) is 0. The summed E-state index contributed by atoms with van der Waals surface area (Å²) < 4.78 is 0. The van der Waals surface area contributed by atoms with Gasteiger partial charge in [-0.2, -0.15) is 0 Å². The van der Waals surface area contributed by atoms with Crippen LogP contribution in [-0.4, -0.2) is 25.0 Å². The Morgan fingerprint density at radius 1 is 1.00 bits per heavy atom. The Morgan fingerprint density at radius 3 is 2.00 bits per heavy atom. The molecule has 0 N–H and O–H groups in total. The summed E-state index contributed by atoms with van der Waals surface area (Å²) in [6.45, 7) is 6.98. The van der Waals surface area contributed by atoms with Crippen LogP contribution in [0.25, 0.3) is 0 Å². The van der Waals surface area contributed by atoms with Crippen LogP contribution < -0.4 is 0 Å². The van der Waals surface area contributed by atoms with Gasteiger partial charge in [0.15, 0.2) is 0 Å². The maximum atomic E-state index is 2.39. The molecule has 0 saturated heterocycles. The average Bonchev–Trinajstić information content (AvgIpc) is 1.85. The number of nitrogens with zero attached hydrogens (tertiary/aromatic N) is 1. The molecule has 0 saturated carbocycles. The van der Waals surface area contributed by atoms with Gasteiger partial charge in [0.05, 0.1) is 0 Å². The van der Waals surface area contributed by atoms with Gasteiger partial charge >= 0.3 is 0 Å². The molecule has 0 bridgehead atoms. The molecule has 0 aromatic heterocycles. The van der Waals surface area contributed by atoms with Crippen molar-refractivity contribution in [2.24, 2.45) is 0 Å². The van der Waals surface area contributed by atoms with Crippen LogP contribution in [0.2, 0.25) is 0 Å². The third kappa shape index (κ3) is 8.62. The first-order valence-corrected chi connectivity index (χ1v) is 3.99. The van der Waals surface area contributed by atoms with E-state index in [2.05, 4.69) is 25.8 Å². The summed E-state index contributed by atoms with van der Waals surface area (Å²) in [6, 6.07) is 0. The fourth-order valence-electron chi connectivity index (χ4n) is 0.922. The Hall–Kier alpha value is 0.622. The van der Waals surface area contributed by atoms with Crippen molar-refractivity contribution in [2.75, 3.05) is 20.1 Å². The van der Waals surface area contributed by atoms with Crippen LogP contribution >= 0.6 is 0 Å². The van der Waals surface area contributed by atoms with Crippen LogP contribution in [0.3, 0.4) is 0 Å². The molecule has 0 atom stereocenters. The first-order valence-electron chi connectivity index (χ1n) is 3.99. The molecule has 0 spiro atoms. The molecule has 2 heteroatoms. The number of hydrogen-bond donors (Lipinski definition) is 0. The maximum Gasteiger partial charge on any atom is 0 e. The van der Waals surface area contributed by atoms with Crippen LogP contribution in [0.1, 0.15) is 33.1 Å². The van der Waals surface area contributed by atoms with Gasteiger partial charge in [0.2, 0.25) is 0 Å². The molecule has 10 heavy (non-hydrogen) atoms. The third-order valence-corrected chi connectivity index (χ3v) is 1.50. The van der Waals surface area contributed by atoms with Crippen molar-refractivity contribution in [3.05, 3.63) is 0 Å². The molecular formula is C8H19NRe. The van der Waals surface area contributed by atoms with Crippen LogP contribution in [0.15, 0.2) is 0 Å². The van der Waals surface area contributed by atoms with Crippen molar-refractivity contribution in [1.29, 1.82) is 0 Å². The predicted octanol–water partition coefficient (Wildman–Crippen LogP) is 2.13. The zero-order chi connectivity index (χ0) is 7.11. The minimum atomic E-state index is 0. The van der Waals surface area contributed by atoms with E-state index in [1.165, 1.54) is 32.4 Å². The number of unbranched alkanes of at least 4 members (excludes halogenated alkanes) is 1. The smallest absolute Gasteiger partial charge is 0 e. The summed E-state index contributed by atoms with van der Waals surface area (Å²) >= 11 is 0. The second-order valence-corrected chi connectivity index (χ2v) is 2.66. The van der Waals surface area contributed by atoms with E-state index in [1.54, 1.807) is 0 Å². The molecule has 1 radical (unpaired) electrons. The molecule has 0 aliphatic heterocycles. The van der Waals surface area contributed by atoms with Gasteiger partial charge in [0.1, 0.15) is 0 Å².